The molecule has 0 aromatic heterocycles. The summed E-state index contributed by atoms with van der Waals surface area (Å²) in [4.78, 5) is 21.7. The molecule has 68 valence electrons. The molecule has 0 heterocycles. The number of nitrogens with one attached hydrogen (secondary N) is 1. The van der Waals surface area contributed by atoms with Gasteiger partial charge in [0.25, 0.3) is 5.91 Å². The van der Waals surface area contributed by atoms with Gasteiger partial charge in [-0.3, -0.25) is 9.59 Å². The van der Waals surface area contributed by atoms with Gasteiger partial charge in [-0.05, 0) is 19.1 Å². The predicted molar refractivity (Wildman–Crippen MR) is 49.8 cm³/mol. The molecule has 0 bridgehead atoms. The van der Waals surface area contributed by atoms with Crippen molar-refractivity contribution in [3.8, 4) is 0 Å². The molecule has 0 radical (unpaired) electrons. The molecule has 0 atom stereocenters. The molecule has 0 aliphatic rings. The highest BCUT2D eigenvalue weighted by molar-refractivity contribution is 5.95. The number of amides is 1. The summed E-state index contributed by atoms with van der Waals surface area (Å²) >= 11 is 0. The van der Waals surface area contributed by atoms with Crippen LogP contribution in [0.1, 0.15) is 27.6 Å². The number of aldehydes is 1. The Bertz CT molecular complexity index is 320. The van der Waals surface area contributed by atoms with Gasteiger partial charge in [0.1, 0.15) is 6.29 Å². The molecule has 1 N–H and O–H groups in total. The average Bonchev–Trinajstić information content (AvgIpc) is 2.18. The summed E-state index contributed by atoms with van der Waals surface area (Å²) in [5.41, 5.74) is 1.04. The minimum absolute atomic E-state index is 0.147. The van der Waals surface area contributed by atoms with Crippen LogP contribution in [0.15, 0.2) is 24.3 Å². The first kappa shape index (κ1) is 9.45. The van der Waals surface area contributed by atoms with Gasteiger partial charge < -0.3 is 5.32 Å². The van der Waals surface area contributed by atoms with Gasteiger partial charge >= 0.3 is 0 Å². The number of carbonyl (C=O) groups excluding carboxylic acids is 2. The largest absolute Gasteiger partial charge is 0.352 e. The van der Waals surface area contributed by atoms with Gasteiger partial charge in [-0.15, -0.1) is 0 Å². The smallest absolute Gasteiger partial charge is 0.251 e. The summed E-state index contributed by atoms with van der Waals surface area (Å²) in [7, 11) is 0. The number of hydrogen-bond donors (Lipinski definition) is 1. The van der Waals surface area contributed by atoms with E-state index in [4.69, 9.17) is 0 Å². The van der Waals surface area contributed by atoms with Crippen LogP contribution in [0.3, 0.4) is 0 Å². The quantitative estimate of drug-likeness (QED) is 0.706. The topological polar surface area (TPSA) is 46.2 Å². The lowest BCUT2D eigenvalue weighted by atomic mass is 10.1. The first-order valence-electron chi connectivity index (χ1n) is 4.11. The van der Waals surface area contributed by atoms with Gasteiger partial charge in [0.15, 0.2) is 0 Å². The van der Waals surface area contributed by atoms with E-state index in [0.29, 0.717) is 17.7 Å². The van der Waals surface area contributed by atoms with Crippen molar-refractivity contribution in [3.05, 3.63) is 35.4 Å². The normalized spacial score (nSPS) is 9.31. The third-order valence-corrected chi connectivity index (χ3v) is 1.62. The molecule has 0 aliphatic heterocycles. The minimum atomic E-state index is -0.147. The highest BCUT2D eigenvalue weighted by atomic mass is 16.1. The van der Waals surface area contributed by atoms with Crippen LogP contribution in [0, 0.1) is 0 Å². The lowest BCUT2D eigenvalue weighted by molar-refractivity contribution is 0.0956. The third-order valence-electron chi connectivity index (χ3n) is 1.62. The standard InChI is InChI=1S/C10H11NO2/c1-2-11-10(13)9-5-3-4-8(6-9)7-12/h3-7H,2H2,1H3,(H,11,13). The van der Waals surface area contributed by atoms with Crippen LogP contribution in [0.4, 0.5) is 0 Å². The fourth-order valence-electron chi connectivity index (χ4n) is 1.02. The van der Waals surface area contributed by atoms with Gasteiger partial charge in [0.2, 0.25) is 0 Å². The zero-order valence-corrected chi connectivity index (χ0v) is 7.41. The molecule has 0 saturated carbocycles. The summed E-state index contributed by atoms with van der Waals surface area (Å²) in [5.74, 6) is -0.147. The Balaban J connectivity index is 2.88. The fraction of sp³-hybridized carbons (Fsp3) is 0.200. The summed E-state index contributed by atoms with van der Waals surface area (Å²) < 4.78 is 0. The van der Waals surface area contributed by atoms with Crippen LogP contribution in [0.25, 0.3) is 0 Å². The van der Waals surface area contributed by atoms with E-state index in [9.17, 15) is 9.59 Å². The summed E-state index contributed by atoms with van der Waals surface area (Å²) in [5, 5.41) is 2.66. The highest BCUT2D eigenvalue weighted by Gasteiger charge is 2.03. The molecule has 3 heteroatoms. The minimum Gasteiger partial charge on any atom is -0.352 e. The van der Waals surface area contributed by atoms with Crippen molar-refractivity contribution in [1.29, 1.82) is 0 Å². The summed E-state index contributed by atoms with van der Waals surface area (Å²) in [6.45, 7) is 2.44. The Morgan fingerprint density at radius 1 is 1.54 bits per heavy atom. The van der Waals surface area contributed by atoms with Crippen LogP contribution in [-0.2, 0) is 0 Å². The van der Waals surface area contributed by atoms with E-state index in [0.717, 1.165) is 6.29 Å². The molecule has 0 aliphatic carbocycles. The maximum Gasteiger partial charge on any atom is 0.251 e. The molecule has 0 saturated heterocycles. The van der Waals surface area contributed by atoms with E-state index in [-0.39, 0.29) is 5.91 Å². The lowest BCUT2D eigenvalue weighted by Gasteiger charge is -2.01. The second-order valence-corrected chi connectivity index (χ2v) is 2.60. The van der Waals surface area contributed by atoms with Crippen molar-refractivity contribution in [2.24, 2.45) is 0 Å². The molecule has 13 heavy (non-hydrogen) atoms. The Kier molecular flexibility index (Phi) is 3.20. The molecular weight excluding hydrogens is 166 g/mol. The van der Waals surface area contributed by atoms with Gasteiger partial charge in [-0.2, -0.15) is 0 Å². The second-order valence-electron chi connectivity index (χ2n) is 2.60. The van der Waals surface area contributed by atoms with E-state index < -0.39 is 0 Å². The number of carbonyl (C=O) groups is 2. The van der Waals surface area contributed by atoms with Crippen LogP contribution >= 0.6 is 0 Å². The molecule has 1 rings (SSSR count). The van der Waals surface area contributed by atoms with Crippen molar-refractivity contribution in [2.45, 2.75) is 6.92 Å². The van der Waals surface area contributed by atoms with Crippen LogP contribution < -0.4 is 5.32 Å². The molecule has 1 aromatic carbocycles. The van der Waals surface area contributed by atoms with Crippen LogP contribution in [0.2, 0.25) is 0 Å². The first-order chi connectivity index (χ1) is 6.27. The molecule has 0 spiro atoms. The maximum atomic E-state index is 11.3. The molecule has 0 fully saturated rings. The number of hydrogen-bond acceptors (Lipinski definition) is 2. The Morgan fingerprint density at radius 3 is 2.92 bits per heavy atom. The third kappa shape index (κ3) is 2.40. The predicted octanol–water partition coefficient (Wildman–Crippen LogP) is 1.25. The Labute approximate surface area is 76.8 Å². The van der Waals surface area contributed by atoms with Gasteiger partial charge in [0.05, 0.1) is 0 Å². The Hall–Kier alpha value is -1.64. The molecular formula is C10H11NO2. The van der Waals surface area contributed by atoms with Gasteiger partial charge in [0, 0.05) is 17.7 Å². The first-order valence-corrected chi connectivity index (χ1v) is 4.11. The molecule has 3 nitrogen and oxygen atoms in total. The zero-order valence-electron chi connectivity index (χ0n) is 7.41. The van der Waals surface area contributed by atoms with Crippen molar-refractivity contribution < 1.29 is 9.59 Å². The van der Waals surface area contributed by atoms with E-state index in [1.54, 1.807) is 24.3 Å². The van der Waals surface area contributed by atoms with Crippen molar-refractivity contribution in [3.63, 3.8) is 0 Å². The molecule has 1 amide bonds. The van der Waals surface area contributed by atoms with Gasteiger partial charge in [-0.1, -0.05) is 12.1 Å². The highest BCUT2D eigenvalue weighted by Crippen LogP contribution is 2.02. The van der Waals surface area contributed by atoms with Crippen molar-refractivity contribution in [2.75, 3.05) is 6.54 Å². The monoisotopic (exact) mass is 177 g/mol. The number of rotatable bonds is 3. The molecule has 1 aromatic rings. The number of benzene rings is 1. The summed E-state index contributed by atoms with van der Waals surface area (Å²) in [6.07, 6.45) is 0.725. The van der Waals surface area contributed by atoms with E-state index in [2.05, 4.69) is 5.32 Å². The van der Waals surface area contributed by atoms with E-state index >= 15 is 0 Å². The van der Waals surface area contributed by atoms with Gasteiger partial charge in [-0.25, -0.2) is 0 Å². The van der Waals surface area contributed by atoms with Crippen LogP contribution in [0.5, 0.6) is 0 Å². The second kappa shape index (κ2) is 4.40. The zero-order chi connectivity index (χ0) is 9.68. The van der Waals surface area contributed by atoms with Crippen molar-refractivity contribution >= 4 is 12.2 Å². The Morgan fingerprint density at radius 2 is 2.31 bits per heavy atom. The van der Waals surface area contributed by atoms with E-state index in [1.165, 1.54) is 0 Å². The average molecular weight is 177 g/mol. The SMILES string of the molecule is CCNC(=O)c1cccc(C=O)c1. The van der Waals surface area contributed by atoms with Crippen molar-refractivity contribution in [1.82, 2.24) is 5.32 Å². The fourth-order valence-corrected chi connectivity index (χ4v) is 1.02. The summed E-state index contributed by atoms with van der Waals surface area (Å²) in [6, 6.07) is 6.60. The van der Waals surface area contributed by atoms with Crippen LogP contribution in [-0.4, -0.2) is 18.7 Å². The van der Waals surface area contributed by atoms with E-state index in [1.807, 2.05) is 6.92 Å². The maximum absolute atomic E-state index is 11.3. The molecule has 0 unspecified atom stereocenters. The lowest BCUT2D eigenvalue weighted by Crippen LogP contribution is -2.22.